The maximum Gasteiger partial charge on any atom is 0.250 e. The summed E-state index contributed by atoms with van der Waals surface area (Å²) in [4.78, 5) is 35.3. The summed E-state index contributed by atoms with van der Waals surface area (Å²) in [6, 6.07) is 12.8. The third-order valence-electron chi connectivity index (χ3n) is 3.48. The van der Waals surface area contributed by atoms with Crippen molar-refractivity contribution in [2.45, 2.75) is 19.4 Å². The number of hydrogen-bond donors (Lipinski definition) is 3. The molecule has 0 saturated heterocycles. The van der Waals surface area contributed by atoms with Crippen molar-refractivity contribution in [3.8, 4) is 0 Å². The number of benzene rings is 2. The van der Waals surface area contributed by atoms with Crippen LogP contribution in [0.2, 0.25) is 5.02 Å². The fraction of sp³-hybridized carbons (Fsp3) is 0.167. The number of nitrogens with two attached hydrogens (primary N) is 1. The van der Waals surface area contributed by atoms with Gasteiger partial charge in [0.15, 0.2) is 0 Å². The van der Waals surface area contributed by atoms with Crippen LogP contribution in [0.1, 0.15) is 35.3 Å². The van der Waals surface area contributed by atoms with Crippen LogP contribution in [0.5, 0.6) is 0 Å². The van der Waals surface area contributed by atoms with Crippen LogP contribution >= 0.6 is 11.6 Å². The van der Waals surface area contributed by atoms with Gasteiger partial charge in [0.25, 0.3) is 5.91 Å². The maximum absolute atomic E-state index is 12.4. The van der Waals surface area contributed by atoms with Gasteiger partial charge < -0.3 is 16.4 Å². The van der Waals surface area contributed by atoms with Crippen molar-refractivity contribution < 1.29 is 14.4 Å². The second-order valence-electron chi connectivity index (χ2n) is 5.47. The van der Waals surface area contributed by atoms with Gasteiger partial charge in [0.1, 0.15) is 0 Å². The van der Waals surface area contributed by atoms with Gasteiger partial charge in [-0.15, -0.1) is 0 Å². The highest BCUT2D eigenvalue weighted by Crippen LogP contribution is 2.22. The molecule has 0 aromatic heterocycles. The molecule has 3 amide bonds. The predicted molar refractivity (Wildman–Crippen MR) is 96.2 cm³/mol. The Bertz CT molecular complexity index is 808. The third kappa shape index (κ3) is 5.32. The molecule has 0 aliphatic carbocycles. The van der Waals surface area contributed by atoms with Crippen LogP contribution in [0.25, 0.3) is 0 Å². The highest BCUT2D eigenvalue weighted by atomic mass is 35.5. The van der Waals surface area contributed by atoms with Gasteiger partial charge in [0, 0.05) is 11.9 Å². The molecule has 0 saturated carbocycles. The molecule has 0 spiro atoms. The van der Waals surface area contributed by atoms with E-state index in [4.69, 9.17) is 17.3 Å². The summed E-state index contributed by atoms with van der Waals surface area (Å²) < 4.78 is 0. The predicted octanol–water partition coefficient (Wildman–Crippen LogP) is 2.64. The standard InChI is InChI=1S/C18H18ClN3O3/c1-11(23)21-16(12-5-4-6-13(19)9-12)10-17(24)22-15-8-3-2-7-14(15)18(20)25/h2-9,16H,10H2,1H3,(H2,20,25)(H,21,23)(H,22,24). The summed E-state index contributed by atoms with van der Waals surface area (Å²) in [5, 5.41) is 5.89. The Kier molecular flexibility index (Phi) is 6.14. The Hall–Kier alpha value is -2.86. The number of carbonyl (C=O) groups excluding carboxylic acids is 3. The Morgan fingerprint density at radius 1 is 1.12 bits per heavy atom. The van der Waals surface area contributed by atoms with Crippen LogP contribution in [-0.4, -0.2) is 17.7 Å². The maximum atomic E-state index is 12.4. The number of carbonyl (C=O) groups is 3. The monoisotopic (exact) mass is 359 g/mol. The normalized spacial score (nSPS) is 11.4. The number of halogens is 1. The summed E-state index contributed by atoms with van der Waals surface area (Å²) >= 11 is 5.98. The Morgan fingerprint density at radius 3 is 2.48 bits per heavy atom. The van der Waals surface area contributed by atoms with Gasteiger partial charge in [0.2, 0.25) is 11.8 Å². The zero-order valence-corrected chi connectivity index (χ0v) is 14.3. The van der Waals surface area contributed by atoms with E-state index < -0.39 is 11.9 Å². The Labute approximate surface area is 150 Å². The summed E-state index contributed by atoms with van der Waals surface area (Å²) in [7, 11) is 0. The lowest BCUT2D eigenvalue weighted by atomic mass is 10.0. The lowest BCUT2D eigenvalue weighted by molar-refractivity contribution is -0.120. The lowest BCUT2D eigenvalue weighted by Crippen LogP contribution is -2.30. The van der Waals surface area contributed by atoms with Gasteiger partial charge in [-0.05, 0) is 29.8 Å². The summed E-state index contributed by atoms with van der Waals surface area (Å²) in [5.41, 5.74) is 6.56. The molecule has 0 radical (unpaired) electrons. The summed E-state index contributed by atoms with van der Waals surface area (Å²) in [5.74, 6) is -1.27. The van der Waals surface area contributed by atoms with Crippen LogP contribution in [-0.2, 0) is 9.59 Å². The van der Waals surface area contributed by atoms with Gasteiger partial charge in [-0.1, -0.05) is 35.9 Å². The minimum absolute atomic E-state index is 0.0208. The average Bonchev–Trinajstić information content (AvgIpc) is 2.54. The first-order chi connectivity index (χ1) is 11.9. The molecule has 25 heavy (non-hydrogen) atoms. The Morgan fingerprint density at radius 2 is 1.84 bits per heavy atom. The molecule has 2 aromatic rings. The third-order valence-corrected chi connectivity index (χ3v) is 3.72. The molecule has 0 aliphatic rings. The molecule has 0 bridgehead atoms. The van der Waals surface area contributed by atoms with E-state index in [0.717, 1.165) is 0 Å². The number of para-hydroxylation sites is 1. The molecule has 1 atom stereocenters. The molecule has 2 aromatic carbocycles. The van der Waals surface area contributed by atoms with Gasteiger partial charge in [-0.25, -0.2) is 0 Å². The number of rotatable bonds is 6. The molecule has 130 valence electrons. The van der Waals surface area contributed by atoms with E-state index in [1.54, 1.807) is 42.5 Å². The zero-order chi connectivity index (χ0) is 18.4. The number of hydrogen-bond acceptors (Lipinski definition) is 3. The zero-order valence-electron chi connectivity index (χ0n) is 13.6. The smallest absolute Gasteiger partial charge is 0.250 e. The second kappa shape index (κ2) is 8.30. The summed E-state index contributed by atoms with van der Waals surface area (Å²) in [6.45, 7) is 1.37. The van der Waals surface area contributed by atoms with Crippen LogP contribution in [0.4, 0.5) is 5.69 Å². The number of amides is 3. The molecule has 1 unspecified atom stereocenters. The Balaban J connectivity index is 2.17. The minimum atomic E-state index is -0.635. The van der Waals surface area contributed by atoms with E-state index >= 15 is 0 Å². The van der Waals surface area contributed by atoms with E-state index in [1.807, 2.05) is 0 Å². The topological polar surface area (TPSA) is 101 Å². The molecule has 4 N–H and O–H groups in total. The van der Waals surface area contributed by atoms with E-state index in [0.29, 0.717) is 16.3 Å². The van der Waals surface area contributed by atoms with Crippen molar-refractivity contribution >= 4 is 35.0 Å². The molecule has 0 fully saturated rings. The number of primary amides is 1. The molecular formula is C18H18ClN3O3. The molecule has 6 nitrogen and oxygen atoms in total. The fourth-order valence-electron chi connectivity index (χ4n) is 2.41. The first-order valence-electron chi connectivity index (χ1n) is 7.58. The highest BCUT2D eigenvalue weighted by molar-refractivity contribution is 6.30. The highest BCUT2D eigenvalue weighted by Gasteiger charge is 2.19. The van der Waals surface area contributed by atoms with E-state index in [1.165, 1.54) is 13.0 Å². The van der Waals surface area contributed by atoms with Gasteiger partial charge in [0.05, 0.1) is 23.7 Å². The van der Waals surface area contributed by atoms with Crippen molar-refractivity contribution in [3.63, 3.8) is 0 Å². The molecular weight excluding hydrogens is 342 g/mol. The van der Waals surface area contributed by atoms with Gasteiger partial charge in [-0.3, -0.25) is 14.4 Å². The van der Waals surface area contributed by atoms with Crippen LogP contribution in [0.15, 0.2) is 48.5 Å². The molecule has 0 aliphatic heterocycles. The summed E-state index contributed by atoms with van der Waals surface area (Å²) in [6.07, 6.45) is -0.0208. The van der Waals surface area contributed by atoms with E-state index in [2.05, 4.69) is 10.6 Å². The first-order valence-corrected chi connectivity index (χ1v) is 7.96. The SMILES string of the molecule is CC(=O)NC(CC(=O)Nc1ccccc1C(N)=O)c1cccc(Cl)c1. The van der Waals surface area contributed by atoms with E-state index in [9.17, 15) is 14.4 Å². The van der Waals surface area contributed by atoms with Crippen molar-refractivity contribution in [1.82, 2.24) is 5.32 Å². The van der Waals surface area contributed by atoms with Crippen molar-refractivity contribution in [1.29, 1.82) is 0 Å². The van der Waals surface area contributed by atoms with Crippen molar-refractivity contribution in [2.24, 2.45) is 5.73 Å². The molecule has 2 rings (SSSR count). The van der Waals surface area contributed by atoms with Crippen molar-refractivity contribution in [3.05, 3.63) is 64.7 Å². The largest absolute Gasteiger partial charge is 0.366 e. The molecule has 0 heterocycles. The number of nitrogens with one attached hydrogen (secondary N) is 2. The fourth-order valence-corrected chi connectivity index (χ4v) is 2.61. The lowest BCUT2D eigenvalue weighted by Gasteiger charge is -2.19. The van der Waals surface area contributed by atoms with Gasteiger partial charge >= 0.3 is 0 Å². The quantitative estimate of drug-likeness (QED) is 0.738. The van der Waals surface area contributed by atoms with Gasteiger partial charge in [-0.2, -0.15) is 0 Å². The molecule has 7 heteroatoms. The van der Waals surface area contributed by atoms with Crippen LogP contribution in [0.3, 0.4) is 0 Å². The minimum Gasteiger partial charge on any atom is -0.366 e. The number of anilines is 1. The second-order valence-corrected chi connectivity index (χ2v) is 5.91. The van der Waals surface area contributed by atoms with Crippen molar-refractivity contribution in [2.75, 3.05) is 5.32 Å². The van der Waals surface area contributed by atoms with E-state index in [-0.39, 0.29) is 23.8 Å². The van der Waals surface area contributed by atoms with Crippen LogP contribution < -0.4 is 16.4 Å². The first kappa shape index (κ1) is 18.5. The van der Waals surface area contributed by atoms with Crippen LogP contribution in [0, 0.1) is 0 Å². The average molecular weight is 360 g/mol.